The number of hydrogen-bond acceptors (Lipinski definition) is 3. The van der Waals surface area contributed by atoms with Crippen LogP contribution in [-0.4, -0.2) is 25.8 Å². The Morgan fingerprint density at radius 3 is 2.73 bits per heavy atom. The minimum absolute atomic E-state index is 0.0215. The van der Waals surface area contributed by atoms with Crippen molar-refractivity contribution in [3.63, 3.8) is 0 Å². The van der Waals surface area contributed by atoms with E-state index in [1.54, 1.807) is 12.1 Å². The number of carbonyl (C=O) groups is 1. The molecule has 0 bridgehead atoms. The summed E-state index contributed by atoms with van der Waals surface area (Å²) in [6.45, 7) is 0. The molecule has 0 aliphatic carbocycles. The SMILES string of the molecule is O=C(O)c1ccn(-c2ccc(Cl)cn2)n1. The highest BCUT2D eigenvalue weighted by molar-refractivity contribution is 6.30. The molecule has 0 radical (unpaired) electrons. The molecule has 2 aromatic rings. The molecule has 0 saturated heterocycles. The van der Waals surface area contributed by atoms with Gasteiger partial charge in [-0.1, -0.05) is 11.6 Å². The Labute approximate surface area is 89.9 Å². The predicted molar refractivity (Wildman–Crippen MR) is 53.3 cm³/mol. The summed E-state index contributed by atoms with van der Waals surface area (Å²) in [6.07, 6.45) is 3.00. The standard InChI is InChI=1S/C9H6ClN3O2/c10-6-1-2-8(11-5-6)13-4-3-7(12-13)9(14)15/h1-5H,(H,14,15). The first-order valence-corrected chi connectivity index (χ1v) is 4.45. The highest BCUT2D eigenvalue weighted by Gasteiger charge is 2.07. The van der Waals surface area contributed by atoms with E-state index in [0.29, 0.717) is 10.8 Å². The molecule has 0 aromatic carbocycles. The van der Waals surface area contributed by atoms with Crippen LogP contribution in [0.15, 0.2) is 30.6 Å². The van der Waals surface area contributed by atoms with Gasteiger partial charge in [0.15, 0.2) is 11.5 Å². The van der Waals surface area contributed by atoms with Gasteiger partial charge in [0.2, 0.25) is 0 Å². The fourth-order valence-electron chi connectivity index (χ4n) is 1.07. The number of halogens is 1. The van der Waals surface area contributed by atoms with Gasteiger partial charge in [-0.2, -0.15) is 5.10 Å². The molecule has 0 aliphatic rings. The van der Waals surface area contributed by atoms with Crippen molar-refractivity contribution in [2.45, 2.75) is 0 Å². The maximum absolute atomic E-state index is 10.6. The lowest BCUT2D eigenvalue weighted by Crippen LogP contribution is -2.02. The van der Waals surface area contributed by atoms with Crippen molar-refractivity contribution >= 4 is 17.6 Å². The third-order valence-electron chi connectivity index (χ3n) is 1.75. The molecule has 0 saturated carbocycles. The molecule has 5 nitrogen and oxygen atoms in total. The van der Waals surface area contributed by atoms with Gasteiger partial charge in [-0.25, -0.2) is 14.5 Å². The summed E-state index contributed by atoms with van der Waals surface area (Å²) in [4.78, 5) is 14.6. The van der Waals surface area contributed by atoms with Crippen LogP contribution in [0, 0.1) is 0 Å². The number of rotatable bonds is 2. The second kappa shape index (κ2) is 3.70. The Kier molecular flexibility index (Phi) is 2.39. The minimum atomic E-state index is -1.07. The van der Waals surface area contributed by atoms with E-state index in [1.807, 2.05) is 0 Å². The summed E-state index contributed by atoms with van der Waals surface area (Å²) in [5.41, 5.74) is -0.0215. The Morgan fingerprint density at radius 2 is 2.20 bits per heavy atom. The number of aromatic carboxylic acids is 1. The van der Waals surface area contributed by atoms with E-state index in [2.05, 4.69) is 10.1 Å². The first-order chi connectivity index (χ1) is 7.16. The first kappa shape index (κ1) is 9.67. The summed E-state index contributed by atoms with van der Waals surface area (Å²) in [6, 6.07) is 4.71. The van der Waals surface area contributed by atoms with Gasteiger partial charge in [-0.15, -0.1) is 0 Å². The van der Waals surface area contributed by atoms with Crippen molar-refractivity contribution in [1.82, 2.24) is 14.8 Å². The van der Waals surface area contributed by atoms with Gasteiger partial charge < -0.3 is 5.11 Å². The molecule has 2 heterocycles. The molecule has 0 spiro atoms. The van der Waals surface area contributed by atoms with E-state index < -0.39 is 5.97 Å². The lowest BCUT2D eigenvalue weighted by Gasteiger charge is -1.98. The molecule has 0 amide bonds. The number of nitrogens with zero attached hydrogens (tertiary/aromatic N) is 3. The first-order valence-electron chi connectivity index (χ1n) is 4.08. The van der Waals surface area contributed by atoms with E-state index >= 15 is 0 Å². The van der Waals surface area contributed by atoms with E-state index in [4.69, 9.17) is 16.7 Å². The number of carboxylic acids is 1. The van der Waals surface area contributed by atoms with Crippen LogP contribution in [0.25, 0.3) is 5.82 Å². The average molecular weight is 224 g/mol. The van der Waals surface area contributed by atoms with Crippen LogP contribution in [0.4, 0.5) is 0 Å². The fourth-order valence-corrected chi connectivity index (χ4v) is 1.18. The fraction of sp³-hybridized carbons (Fsp3) is 0. The van der Waals surface area contributed by atoms with E-state index in [9.17, 15) is 4.79 Å². The maximum atomic E-state index is 10.6. The van der Waals surface area contributed by atoms with E-state index in [-0.39, 0.29) is 5.69 Å². The van der Waals surface area contributed by atoms with Gasteiger partial charge >= 0.3 is 5.97 Å². The molecule has 0 fully saturated rings. The van der Waals surface area contributed by atoms with Crippen LogP contribution in [0.2, 0.25) is 5.02 Å². The maximum Gasteiger partial charge on any atom is 0.356 e. The van der Waals surface area contributed by atoms with Crippen molar-refractivity contribution in [3.8, 4) is 5.82 Å². The molecule has 0 unspecified atom stereocenters. The van der Waals surface area contributed by atoms with E-state index in [0.717, 1.165) is 0 Å². The van der Waals surface area contributed by atoms with Gasteiger partial charge in [0.25, 0.3) is 0 Å². The summed E-state index contributed by atoms with van der Waals surface area (Å²) >= 11 is 5.67. The van der Waals surface area contributed by atoms with Crippen LogP contribution < -0.4 is 0 Å². The number of hydrogen-bond donors (Lipinski definition) is 1. The van der Waals surface area contributed by atoms with Crippen LogP contribution in [0.3, 0.4) is 0 Å². The molecule has 0 atom stereocenters. The minimum Gasteiger partial charge on any atom is -0.476 e. The Morgan fingerprint density at radius 1 is 1.40 bits per heavy atom. The molecule has 2 aromatic heterocycles. The number of pyridine rings is 1. The van der Waals surface area contributed by atoms with Crippen LogP contribution in [-0.2, 0) is 0 Å². The summed E-state index contributed by atoms with van der Waals surface area (Å²) in [7, 11) is 0. The highest BCUT2D eigenvalue weighted by Crippen LogP contribution is 2.09. The summed E-state index contributed by atoms with van der Waals surface area (Å²) in [5, 5.41) is 13.0. The van der Waals surface area contributed by atoms with Crippen molar-refractivity contribution < 1.29 is 9.90 Å². The summed E-state index contributed by atoms with van der Waals surface area (Å²) in [5.74, 6) is -0.547. The molecule has 1 N–H and O–H groups in total. The molecule has 2 rings (SSSR count). The number of carboxylic acid groups (broad SMARTS) is 1. The monoisotopic (exact) mass is 223 g/mol. The van der Waals surface area contributed by atoms with Crippen molar-refractivity contribution in [3.05, 3.63) is 41.3 Å². The Hall–Kier alpha value is -1.88. The second-order valence-electron chi connectivity index (χ2n) is 2.79. The van der Waals surface area contributed by atoms with Crippen LogP contribution in [0.1, 0.15) is 10.5 Å². The molecule has 76 valence electrons. The van der Waals surface area contributed by atoms with Gasteiger partial charge in [0.1, 0.15) is 0 Å². The predicted octanol–water partition coefficient (Wildman–Crippen LogP) is 1.62. The van der Waals surface area contributed by atoms with Crippen molar-refractivity contribution in [2.75, 3.05) is 0 Å². The molecular weight excluding hydrogens is 218 g/mol. The van der Waals surface area contributed by atoms with Gasteiger partial charge in [-0.05, 0) is 18.2 Å². The highest BCUT2D eigenvalue weighted by atomic mass is 35.5. The van der Waals surface area contributed by atoms with Gasteiger partial charge in [0.05, 0.1) is 5.02 Å². The van der Waals surface area contributed by atoms with Gasteiger partial charge in [-0.3, -0.25) is 0 Å². The molecule has 15 heavy (non-hydrogen) atoms. The largest absolute Gasteiger partial charge is 0.476 e. The third-order valence-corrected chi connectivity index (χ3v) is 1.98. The third kappa shape index (κ3) is 1.97. The van der Waals surface area contributed by atoms with Crippen molar-refractivity contribution in [1.29, 1.82) is 0 Å². The Balaban J connectivity index is 2.37. The zero-order valence-electron chi connectivity index (χ0n) is 7.46. The zero-order valence-corrected chi connectivity index (χ0v) is 8.22. The van der Waals surface area contributed by atoms with Crippen molar-refractivity contribution in [2.24, 2.45) is 0 Å². The molecular formula is C9H6ClN3O2. The zero-order chi connectivity index (χ0) is 10.8. The number of aromatic nitrogens is 3. The second-order valence-corrected chi connectivity index (χ2v) is 3.22. The smallest absolute Gasteiger partial charge is 0.356 e. The van der Waals surface area contributed by atoms with Crippen LogP contribution >= 0.6 is 11.6 Å². The molecule has 0 aliphatic heterocycles. The lowest BCUT2D eigenvalue weighted by molar-refractivity contribution is 0.0690. The average Bonchev–Trinajstić information content (AvgIpc) is 2.68. The molecule has 6 heteroatoms. The normalized spacial score (nSPS) is 10.2. The van der Waals surface area contributed by atoms with Gasteiger partial charge in [0, 0.05) is 12.4 Å². The van der Waals surface area contributed by atoms with E-state index in [1.165, 1.54) is 23.1 Å². The lowest BCUT2D eigenvalue weighted by atomic mass is 10.4. The quantitative estimate of drug-likeness (QED) is 0.840. The Bertz CT molecular complexity index is 492. The van der Waals surface area contributed by atoms with Crippen LogP contribution in [0.5, 0.6) is 0 Å². The topological polar surface area (TPSA) is 68.0 Å². The summed E-state index contributed by atoms with van der Waals surface area (Å²) < 4.78 is 1.37.